The first kappa shape index (κ1) is 21.9. The Bertz CT molecular complexity index is 975. The van der Waals surface area contributed by atoms with Gasteiger partial charge in [-0.2, -0.15) is 0 Å². The second-order valence-corrected chi connectivity index (χ2v) is 6.66. The van der Waals surface area contributed by atoms with Gasteiger partial charge in [-0.1, -0.05) is 24.3 Å². The van der Waals surface area contributed by atoms with E-state index in [1.54, 1.807) is 12.5 Å². The van der Waals surface area contributed by atoms with Crippen molar-refractivity contribution in [3.05, 3.63) is 72.3 Å². The average molecular weight is 519 g/mol. The number of aromatic nitrogens is 2. The second-order valence-electron chi connectivity index (χ2n) is 6.66. The molecule has 0 unspecified atom stereocenters. The predicted octanol–water partition coefficient (Wildman–Crippen LogP) is 3.52. The number of hydrogen-bond acceptors (Lipinski definition) is 4. The molecular weight excluding hydrogens is 493 g/mol. The molecule has 2 heterocycles. The van der Waals surface area contributed by atoms with Crippen LogP contribution in [0.25, 0.3) is 5.69 Å². The lowest BCUT2D eigenvalue weighted by Gasteiger charge is -2.13. The van der Waals surface area contributed by atoms with Gasteiger partial charge in [-0.05, 0) is 42.7 Å². The Morgan fingerprint density at radius 2 is 2.00 bits per heavy atom. The van der Waals surface area contributed by atoms with E-state index in [0.29, 0.717) is 13.3 Å². The van der Waals surface area contributed by atoms with Gasteiger partial charge >= 0.3 is 0 Å². The molecule has 0 radical (unpaired) electrons. The van der Waals surface area contributed by atoms with Crippen molar-refractivity contribution in [2.75, 3.05) is 19.9 Å². The van der Waals surface area contributed by atoms with Crippen LogP contribution in [0.2, 0.25) is 0 Å². The van der Waals surface area contributed by atoms with Crippen LogP contribution in [0.15, 0.2) is 66.2 Å². The molecule has 0 aliphatic carbocycles. The van der Waals surface area contributed by atoms with Gasteiger partial charge in [-0.3, -0.25) is 0 Å². The molecule has 0 spiro atoms. The van der Waals surface area contributed by atoms with Gasteiger partial charge in [-0.15, -0.1) is 24.0 Å². The molecule has 8 heteroatoms. The number of hydrogen-bond donors (Lipinski definition) is 2. The monoisotopic (exact) mass is 519 g/mol. The number of guanidine groups is 1. The normalized spacial score (nSPS) is 12.4. The highest BCUT2D eigenvalue weighted by Crippen LogP contribution is 2.32. The Hall–Kier alpha value is -2.75. The van der Waals surface area contributed by atoms with E-state index in [2.05, 4.69) is 40.7 Å². The summed E-state index contributed by atoms with van der Waals surface area (Å²) in [7, 11) is 0. The number of rotatable bonds is 7. The zero-order valence-corrected chi connectivity index (χ0v) is 19.2. The third kappa shape index (κ3) is 5.44. The Labute approximate surface area is 193 Å². The van der Waals surface area contributed by atoms with Gasteiger partial charge in [0.15, 0.2) is 17.5 Å². The third-order valence-electron chi connectivity index (χ3n) is 4.67. The van der Waals surface area contributed by atoms with E-state index in [9.17, 15) is 0 Å². The van der Waals surface area contributed by atoms with Crippen LogP contribution in [0.3, 0.4) is 0 Å². The maximum absolute atomic E-state index is 5.45. The number of imidazole rings is 1. The molecular formula is C22H26IN5O2. The zero-order valence-electron chi connectivity index (χ0n) is 16.9. The van der Waals surface area contributed by atoms with Crippen molar-refractivity contribution in [3.63, 3.8) is 0 Å². The number of aliphatic imine (C=N–C) groups is 1. The molecule has 7 nitrogen and oxygen atoms in total. The van der Waals surface area contributed by atoms with Gasteiger partial charge in [-0.25, -0.2) is 9.98 Å². The van der Waals surface area contributed by atoms with E-state index in [1.165, 1.54) is 5.56 Å². The lowest BCUT2D eigenvalue weighted by Crippen LogP contribution is -2.38. The highest BCUT2D eigenvalue weighted by Gasteiger charge is 2.13. The second kappa shape index (κ2) is 10.9. The molecule has 0 atom stereocenters. The van der Waals surface area contributed by atoms with Crippen LogP contribution < -0.4 is 20.1 Å². The fraction of sp³-hybridized carbons (Fsp3) is 0.273. The lowest BCUT2D eigenvalue weighted by molar-refractivity contribution is 0.174. The fourth-order valence-electron chi connectivity index (χ4n) is 3.23. The first-order valence-electron chi connectivity index (χ1n) is 9.80. The summed E-state index contributed by atoms with van der Waals surface area (Å²) >= 11 is 0. The van der Waals surface area contributed by atoms with E-state index < -0.39 is 0 Å². The minimum atomic E-state index is 0. The quantitative estimate of drug-likeness (QED) is 0.284. The Kier molecular flexibility index (Phi) is 7.95. The molecule has 2 aromatic carbocycles. The van der Waals surface area contributed by atoms with Crippen LogP contribution in [0, 0.1) is 0 Å². The Balaban J connectivity index is 0.00000256. The predicted molar refractivity (Wildman–Crippen MR) is 128 cm³/mol. The number of para-hydroxylation sites is 1. The fourth-order valence-corrected chi connectivity index (χ4v) is 3.23. The van der Waals surface area contributed by atoms with Crippen molar-refractivity contribution in [2.24, 2.45) is 4.99 Å². The molecule has 4 rings (SSSR count). The summed E-state index contributed by atoms with van der Waals surface area (Å²) < 4.78 is 12.8. The van der Waals surface area contributed by atoms with Crippen molar-refractivity contribution in [1.82, 2.24) is 20.2 Å². The molecule has 2 N–H and O–H groups in total. The highest BCUT2D eigenvalue weighted by atomic mass is 127. The summed E-state index contributed by atoms with van der Waals surface area (Å²) in [6, 6.07) is 14.3. The zero-order chi connectivity index (χ0) is 19.9. The minimum absolute atomic E-state index is 0. The van der Waals surface area contributed by atoms with Crippen molar-refractivity contribution in [1.29, 1.82) is 0 Å². The van der Waals surface area contributed by atoms with E-state index in [-0.39, 0.29) is 24.0 Å². The number of fused-ring (bicyclic) bond motifs is 1. The summed E-state index contributed by atoms with van der Waals surface area (Å²) in [5.74, 6) is 2.43. The first-order chi connectivity index (χ1) is 14.3. The lowest BCUT2D eigenvalue weighted by atomic mass is 10.1. The van der Waals surface area contributed by atoms with Gasteiger partial charge in [0.25, 0.3) is 0 Å². The van der Waals surface area contributed by atoms with Gasteiger partial charge in [0.1, 0.15) is 0 Å². The average Bonchev–Trinajstić information content (AvgIpc) is 3.44. The molecule has 1 aromatic heterocycles. The van der Waals surface area contributed by atoms with Gasteiger partial charge in [0.05, 0.1) is 18.6 Å². The number of benzene rings is 2. The maximum atomic E-state index is 5.45. The van der Waals surface area contributed by atoms with Crippen LogP contribution in [0.5, 0.6) is 11.5 Å². The molecule has 1 aliphatic heterocycles. The van der Waals surface area contributed by atoms with Crippen LogP contribution in [-0.4, -0.2) is 35.4 Å². The van der Waals surface area contributed by atoms with Crippen molar-refractivity contribution in [2.45, 2.75) is 19.9 Å². The summed E-state index contributed by atoms with van der Waals surface area (Å²) in [6.45, 7) is 4.52. The van der Waals surface area contributed by atoms with Crippen LogP contribution in [-0.2, 0) is 13.0 Å². The van der Waals surface area contributed by atoms with Crippen LogP contribution in [0.4, 0.5) is 0 Å². The highest BCUT2D eigenvalue weighted by molar-refractivity contribution is 14.0. The molecule has 0 fully saturated rings. The number of nitrogens with zero attached hydrogens (tertiary/aromatic N) is 3. The van der Waals surface area contributed by atoms with E-state index in [0.717, 1.165) is 48.2 Å². The van der Waals surface area contributed by atoms with E-state index in [4.69, 9.17) is 14.5 Å². The third-order valence-corrected chi connectivity index (χ3v) is 4.67. The number of halogens is 1. The Morgan fingerprint density at radius 1 is 1.13 bits per heavy atom. The first-order valence-corrected chi connectivity index (χ1v) is 9.80. The van der Waals surface area contributed by atoms with Crippen molar-refractivity contribution >= 4 is 29.9 Å². The number of nitrogens with one attached hydrogen (secondary N) is 2. The van der Waals surface area contributed by atoms with E-state index in [1.807, 2.05) is 35.0 Å². The van der Waals surface area contributed by atoms with Gasteiger partial charge in [0.2, 0.25) is 6.79 Å². The molecule has 0 bridgehead atoms. The summed E-state index contributed by atoms with van der Waals surface area (Å²) in [5, 5.41) is 6.72. The van der Waals surface area contributed by atoms with Crippen LogP contribution >= 0.6 is 24.0 Å². The molecule has 158 valence electrons. The summed E-state index contributed by atoms with van der Waals surface area (Å²) in [5.41, 5.74) is 3.42. The van der Waals surface area contributed by atoms with Crippen molar-refractivity contribution < 1.29 is 9.47 Å². The maximum Gasteiger partial charge on any atom is 0.231 e. The molecule has 3 aromatic rings. The van der Waals surface area contributed by atoms with Crippen LogP contribution in [0.1, 0.15) is 18.1 Å². The van der Waals surface area contributed by atoms with Crippen molar-refractivity contribution in [3.8, 4) is 17.2 Å². The number of ether oxygens (including phenoxy) is 2. The molecule has 1 aliphatic rings. The minimum Gasteiger partial charge on any atom is -0.454 e. The SMILES string of the molecule is CCNC(=NCc1ccccc1-n1ccnc1)NCCc1ccc2c(c1)OCO2.I. The Morgan fingerprint density at radius 3 is 2.83 bits per heavy atom. The summed E-state index contributed by atoms with van der Waals surface area (Å²) in [6.07, 6.45) is 6.39. The topological polar surface area (TPSA) is 72.7 Å². The molecule has 0 amide bonds. The summed E-state index contributed by atoms with van der Waals surface area (Å²) in [4.78, 5) is 8.90. The van der Waals surface area contributed by atoms with Gasteiger partial charge in [0, 0.05) is 25.5 Å². The standard InChI is InChI=1S/C22H25N5O2.HI/c1-2-24-22(25-10-9-17-7-8-20-21(13-17)29-16-28-20)26-14-18-5-3-4-6-19(18)27-12-11-23-15-27;/h3-8,11-13,15H,2,9-10,14,16H2,1H3,(H2,24,25,26);1H. The molecule has 0 saturated heterocycles. The largest absolute Gasteiger partial charge is 0.454 e. The molecule has 30 heavy (non-hydrogen) atoms. The smallest absolute Gasteiger partial charge is 0.231 e. The molecule has 0 saturated carbocycles. The van der Waals surface area contributed by atoms with Gasteiger partial charge < -0.3 is 24.7 Å². The van der Waals surface area contributed by atoms with E-state index >= 15 is 0 Å².